The molecule has 3 aromatic rings. The molecule has 120 valence electrons. The average Bonchev–Trinajstić information content (AvgIpc) is 2.69. The second-order valence-electron chi connectivity index (χ2n) is 4.69. The van der Waals surface area contributed by atoms with Crippen LogP contribution in [0.5, 0.6) is 0 Å². The molecular formula is C17H15N5O2. The van der Waals surface area contributed by atoms with Gasteiger partial charge in [0.05, 0.1) is 24.8 Å². The van der Waals surface area contributed by atoms with Crippen LogP contribution in [0.2, 0.25) is 0 Å². The van der Waals surface area contributed by atoms with E-state index >= 15 is 0 Å². The Morgan fingerprint density at radius 1 is 0.792 bits per heavy atom. The van der Waals surface area contributed by atoms with Gasteiger partial charge in [0.1, 0.15) is 0 Å². The molecule has 0 amide bonds. The predicted molar refractivity (Wildman–Crippen MR) is 86.1 cm³/mol. The van der Waals surface area contributed by atoms with Crippen molar-refractivity contribution in [2.75, 3.05) is 0 Å². The summed E-state index contributed by atoms with van der Waals surface area (Å²) < 4.78 is 0. The molecule has 0 saturated carbocycles. The fourth-order valence-corrected chi connectivity index (χ4v) is 1.76. The molecule has 0 bridgehead atoms. The van der Waals surface area contributed by atoms with E-state index in [-0.39, 0.29) is 13.2 Å². The Labute approximate surface area is 138 Å². The zero-order valence-electron chi connectivity index (χ0n) is 12.7. The Morgan fingerprint density at radius 2 is 1.29 bits per heavy atom. The lowest BCUT2D eigenvalue weighted by molar-refractivity contribution is 0.281. The van der Waals surface area contributed by atoms with Crippen molar-refractivity contribution in [3.63, 3.8) is 0 Å². The van der Waals surface area contributed by atoms with Crippen LogP contribution in [0, 0.1) is 11.3 Å². The molecule has 0 fully saturated rings. The molecule has 2 N–H and O–H groups in total. The Morgan fingerprint density at radius 3 is 1.75 bits per heavy atom. The number of hydrogen-bond acceptors (Lipinski definition) is 7. The van der Waals surface area contributed by atoms with Gasteiger partial charge in [0, 0.05) is 5.56 Å². The average molecular weight is 321 g/mol. The molecule has 0 aliphatic rings. The van der Waals surface area contributed by atoms with Crippen molar-refractivity contribution in [2.24, 2.45) is 0 Å². The quantitative estimate of drug-likeness (QED) is 0.750. The summed E-state index contributed by atoms with van der Waals surface area (Å²) in [7, 11) is 0. The van der Waals surface area contributed by atoms with Gasteiger partial charge in [-0.05, 0) is 23.3 Å². The third kappa shape index (κ3) is 4.91. The number of aliphatic hydroxyl groups is 2. The lowest BCUT2D eigenvalue weighted by Gasteiger charge is -1.98. The van der Waals surface area contributed by atoms with Gasteiger partial charge in [0.15, 0.2) is 6.33 Å². The van der Waals surface area contributed by atoms with Gasteiger partial charge in [0.2, 0.25) is 5.82 Å². The highest BCUT2D eigenvalue weighted by atomic mass is 16.3. The van der Waals surface area contributed by atoms with E-state index in [9.17, 15) is 0 Å². The van der Waals surface area contributed by atoms with E-state index in [4.69, 9.17) is 15.5 Å². The smallest absolute Gasteiger partial charge is 0.203 e. The zero-order valence-corrected chi connectivity index (χ0v) is 12.7. The fourth-order valence-electron chi connectivity index (χ4n) is 1.76. The summed E-state index contributed by atoms with van der Waals surface area (Å²) in [5, 5.41) is 40.7. The van der Waals surface area contributed by atoms with Gasteiger partial charge in [-0.15, -0.1) is 20.4 Å². The standard InChI is InChI=1S/C9H8N4O.C8H7NO/c14-5-7-1-3-8(4-2-7)9-12-10-6-11-13-9;9-5-7-1-3-8(6-10)4-2-7/h1-4,6,14H,5H2;1-4,10H,6H2. The molecule has 0 atom stereocenters. The molecule has 0 spiro atoms. The highest BCUT2D eigenvalue weighted by Gasteiger charge is 2.00. The summed E-state index contributed by atoms with van der Waals surface area (Å²) in [6, 6.07) is 16.1. The van der Waals surface area contributed by atoms with E-state index in [2.05, 4.69) is 20.4 Å². The number of aliphatic hydroxyl groups excluding tert-OH is 2. The normalized spacial score (nSPS) is 9.54. The Bertz CT molecular complexity index is 784. The number of nitrogens with zero attached hydrogens (tertiary/aromatic N) is 5. The van der Waals surface area contributed by atoms with Gasteiger partial charge in [-0.2, -0.15) is 5.26 Å². The van der Waals surface area contributed by atoms with Crippen molar-refractivity contribution in [3.05, 3.63) is 71.5 Å². The van der Waals surface area contributed by atoms with Crippen LogP contribution in [0.3, 0.4) is 0 Å². The molecule has 24 heavy (non-hydrogen) atoms. The molecule has 3 rings (SSSR count). The summed E-state index contributed by atoms with van der Waals surface area (Å²) in [5.74, 6) is 0.483. The van der Waals surface area contributed by atoms with Crippen LogP contribution in [0.4, 0.5) is 0 Å². The first-order chi connectivity index (χ1) is 11.8. The molecule has 7 heteroatoms. The second-order valence-corrected chi connectivity index (χ2v) is 4.69. The van der Waals surface area contributed by atoms with E-state index in [1.807, 2.05) is 30.3 Å². The van der Waals surface area contributed by atoms with Crippen LogP contribution in [0.1, 0.15) is 16.7 Å². The van der Waals surface area contributed by atoms with E-state index in [0.717, 1.165) is 16.7 Å². The lowest BCUT2D eigenvalue weighted by Crippen LogP contribution is -1.93. The van der Waals surface area contributed by atoms with E-state index in [1.54, 1.807) is 24.3 Å². The Kier molecular flexibility index (Phi) is 6.46. The van der Waals surface area contributed by atoms with Gasteiger partial charge in [-0.25, -0.2) is 0 Å². The van der Waals surface area contributed by atoms with Crippen LogP contribution in [0.15, 0.2) is 54.9 Å². The second kappa shape index (κ2) is 9.05. The summed E-state index contributed by atoms with van der Waals surface area (Å²) in [6.07, 6.45) is 1.28. The molecule has 1 heterocycles. The first-order valence-electron chi connectivity index (χ1n) is 7.07. The topological polar surface area (TPSA) is 116 Å². The van der Waals surface area contributed by atoms with Crippen LogP contribution in [0.25, 0.3) is 11.4 Å². The van der Waals surface area contributed by atoms with Gasteiger partial charge >= 0.3 is 0 Å². The van der Waals surface area contributed by atoms with Crippen molar-refractivity contribution < 1.29 is 10.2 Å². The maximum atomic E-state index is 8.84. The van der Waals surface area contributed by atoms with Crippen molar-refractivity contribution in [1.29, 1.82) is 5.26 Å². The zero-order chi connectivity index (χ0) is 17.2. The van der Waals surface area contributed by atoms with Crippen LogP contribution in [-0.2, 0) is 13.2 Å². The molecule has 0 aliphatic heterocycles. The molecule has 7 nitrogen and oxygen atoms in total. The molecule has 0 aliphatic carbocycles. The highest BCUT2D eigenvalue weighted by Crippen LogP contribution is 2.13. The van der Waals surface area contributed by atoms with E-state index in [0.29, 0.717) is 11.4 Å². The summed E-state index contributed by atoms with van der Waals surface area (Å²) in [6.45, 7) is 0.0676. The van der Waals surface area contributed by atoms with E-state index in [1.165, 1.54) is 6.33 Å². The predicted octanol–water partition coefficient (Wildman–Crippen LogP) is 1.48. The number of nitriles is 1. The molecule has 0 unspecified atom stereocenters. The molecule has 2 aromatic carbocycles. The van der Waals surface area contributed by atoms with Crippen molar-refractivity contribution in [1.82, 2.24) is 20.4 Å². The SMILES string of the molecule is N#Cc1ccc(CO)cc1.OCc1ccc(-c2nncnn2)cc1. The largest absolute Gasteiger partial charge is 0.392 e. The summed E-state index contributed by atoms with van der Waals surface area (Å²) in [4.78, 5) is 0. The maximum Gasteiger partial charge on any atom is 0.203 e. The van der Waals surface area contributed by atoms with Gasteiger partial charge in [0.25, 0.3) is 0 Å². The number of hydrogen-bond donors (Lipinski definition) is 2. The Balaban J connectivity index is 0.000000185. The van der Waals surface area contributed by atoms with E-state index < -0.39 is 0 Å². The minimum Gasteiger partial charge on any atom is -0.392 e. The van der Waals surface area contributed by atoms with Crippen LogP contribution >= 0.6 is 0 Å². The number of benzene rings is 2. The van der Waals surface area contributed by atoms with Crippen molar-refractivity contribution >= 4 is 0 Å². The van der Waals surface area contributed by atoms with Gasteiger partial charge in [-0.3, -0.25) is 0 Å². The van der Waals surface area contributed by atoms with Crippen molar-refractivity contribution in [2.45, 2.75) is 13.2 Å². The van der Waals surface area contributed by atoms with Gasteiger partial charge in [-0.1, -0.05) is 36.4 Å². The minimum atomic E-state index is 0.0334. The first kappa shape index (κ1) is 17.1. The molecule has 0 saturated heterocycles. The maximum absolute atomic E-state index is 8.84. The molecule has 1 aromatic heterocycles. The minimum absolute atomic E-state index is 0.0334. The first-order valence-corrected chi connectivity index (χ1v) is 7.07. The van der Waals surface area contributed by atoms with Crippen LogP contribution in [-0.4, -0.2) is 30.6 Å². The van der Waals surface area contributed by atoms with Gasteiger partial charge < -0.3 is 10.2 Å². The molecule has 0 radical (unpaired) electrons. The Hall–Kier alpha value is -3.21. The highest BCUT2D eigenvalue weighted by molar-refractivity contribution is 5.53. The third-order valence-corrected chi connectivity index (χ3v) is 3.07. The summed E-state index contributed by atoms with van der Waals surface area (Å²) in [5.41, 5.74) is 3.14. The van der Waals surface area contributed by atoms with Crippen molar-refractivity contribution in [3.8, 4) is 17.5 Å². The number of aromatic nitrogens is 4. The van der Waals surface area contributed by atoms with Crippen LogP contribution < -0.4 is 0 Å². The lowest BCUT2D eigenvalue weighted by atomic mass is 10.1. The molecular weight excluding hydrogens is 306 g/mol. The third-order valence-electron chi connectivity index (χ3n) is 3.07. The summed E-state index contributed by atoms with van der Waals surface area (Å²) >= 11 is 0. The number of rotatable bonds is 3. The monoisotopic (exact) mass is 321 g/mol. The fraction of sp³-hybridized carbons (Fsp3) is 0.118.